The molecule has 2 N–H and O–H groups in total. The molecular weight excluding hydrogens is 254 g/mol. The van der Waals surface area contributed by atoms with Crippen molar-refractivity contribution in [2.24, 2.45) is 0 Å². The SMILES string of the molecule is CC(=O)N1CCNC[C@@H]1C(=O)NCCc1ccccc1. The van der Waals surface area contributed by atoms with E-state index in [-0.39, 0.29) is 11.8 Å². The fourth-order valence-corrected chi connectivity index (χ4v) is 2.41. The van der Waals surface area contributed by atoms with E-state index in [4.69, 9.17) is 0 Å². The molecule has 1 fully saturated rings. The van der Waals surface area contributed by atoms with Gasteiger partial charge in [0.15, 0.2) is 0 Å². The fourth-order valence-electron chi connectivity index (χ4n) is 2.41. The number of carbonyl (C=O) groups excluding carboxylic acids is 2. The van der Waals surface area contributed by atoms with E-state index in [0.29, 0.717) is 19.6 Å². The van der Waals surface area contributed by atoms with Crippen LogP contribution in [0.5, 0.6) is 0 Å². The Hall–Kier alpha value is -1.88. The number of rotatable bonds is 4. The molecule has 108 valence electrons. The molecule has 2 rings (SSSR count). The molecule has 1 heterocycles. The number of benzene rings is 1. The first-order valence-electron chi connectivity index (χ1n) is 6.98. The van der Waals surface area contributed by atoms with Gasteiger partial charge < -0.3 is 15.5 Å². The number of nitrogens with one attached hydrogen (secondary N) is 2. The second kappa shape index (κ2) is 7.05. The predicted molar refractivity (Wildman–Crippen MR) is 77.2 cm³/mol. The van der Waals surface area contributed by atoms with Crippen LogP contribution in [-0.4, -0.2) is 48.9 Å². The summed E-state index contributed by atoms with van der Waals surface area (Å²) < 4.78 is 0. The monoisotopic (exact) mass is 275 g/mol. The molecule has 1 aliphatic heterocycles. The van der Waals surface area contributed by atoms with Crippen LogP contribution in [0.25, 0.3) is 0 Å². The van der Waals surface area contributed by atoms with E-state index in [1.165, 1.54) is 12.5 Å². The lowest BCUT2D eigenvalue weighted by molar-refractivity contribution is -0.139. The van der Waals surface area contributed by atoms with E-state index < -0.39 is 6.04 Å². The Morgan fingerprint density at radius 2 is 2.10 bits per heavy atom. The molecule has 1 saturated heterocycles. The number of piperazine rings is 1. The molecule has 0 aromatic heterocycles. The van der Waals surface area contributed by atoms with Crippen LogP contribution in [0.1, 0.15) is 12.5 Å². The van der Waals surface area contributed by atoms with E-state index in [9.17, 15) is 9.59 Å². The molecule has 0 radical (unpaired) electrons. The van der Waals surface area contributed by atoms with Crippen LogP contribution in [0.15, 0.2) is 30.3 Å². The van der Waals surface area contributed by atoms with Gasteiger partial charge >= 0.3 is 0 Å². The summed E-state index contributed by atoms with van der Waals surface area (Å²) in [5.74, 6) is -0.127. The minimum atomic E-state index is -0.392. The van der Waals surface area contributed by atoms with Crippen molar-refractivity contribution in [3.8, 4) is 0 Å². The second-order valence-electron chi connectivity index (χ2n) is 4.96. The number of carbonyl (C=O) groups is 2. The van der Waals surface area contributed by atoms with Gasteiger partial charge in [-0.3, -0.25) is 9.59 Å². The average molecular weight is 275 g/mol. The van der Waals surface area contributed by atoms with Gasteiger partial charge in [0, 0.05) is 33.1 Å². The normalized spacial score (nSPS) is 18.6. The zero-order chi connectivity index (χ0) is 14.4. The topological polar surface area (TPSA) is 61.4 Å². The van der Waals surface area contributed by atoms with Crippen LogP contribution >= 0.6 is 0 Å². The molecule has 2 amide bonds. The maximum atomic E-state index is 12.2. The van der Waals surface area contributed by atoms with Crippen LogP contribution in [-0.2, 0) is 16.0 Å². The van der Waals surface area contributed by atoms with Gasteiger partial charge in [0.1, 0.15) is 6.04 Å². The Morgan fingerprint density at radius 3 is 2.80 bits per heavy atom. The van der Waals surface area contributed by atoms with Crippen molar-refractivity contribution in [1.82, 2.24) is 15.5 Å². The maximum absolute atomic E-state index is 12.2. The molecule has 0 unspecified atom stereocenters. The number of hydrogen-bond donors (Lipinski definition) is 2. The van der Waals surface area contributed by atoms with Crippen LogP contribution in [0.3, 0.4) is 0 Å². The molecule has 5 heteroatoms. The lowest BCUT2D eigenvalue weighted by Crippen LogP contribution is -2.59. The molecule has 20 heavy (non-hydrogen) atoms. The first-order valence-corrected chi connectivity index (χ1v) is 6.98. The number of amides is 2. The van der Waals surface area contributed by atoms with E-state index >= 15 is 0 Å². The molecule has 0 saturated carbocycles. The van der Waals surface area contributed by atoms with Crippen molar-refractivity contribution in [3.63, 3.8) is 0 Å². The van der Waals surface area contributed by atoms with Crippen molar-refractivity contribution >= 4 is 11.8 Å². The first-order chi connectivity index (χ1) is 9.68. The van der Waals surface area contributed by atoms with Crippen LogP contribution < -0.4 is 10.6 Å². The van der Waals surface area contributed by atoms with Crippen molar-refractivity contribution < 1.29 is 9.59 Å². The Morgan fingerprint density at radius 1 is 1.35 bits per heavy atom. The van der Waals surface area contributed by atoms with Crippen molar-refractivity contribution in [2.75, 3.05) is 26.2 Å². The maximum Gasteiger partial charge on any atom is 0.244 e. The van der Waals surface area contributed by atoms with Crippen molar-refractivity contribution in [1.29, 1.82) is 0 Å². The van der Waals surface area contributed by atoms with E-state index in [1.54, 1.807) is 4.90 Å². The van der Waals surface area contributed by atoms with E-state index in [2.05, 4.69) is 10.6 Å². The first kappa shape index (κ1) is 14.5. The van der Waals surface area contributed by atoms with Gasteiger partial charge in [0.2, 0.25) is 11.8 Å². The molecule has 1 aromatic rings. The Bertz CT molecular complexity index is 461. The molecule has 1 aromatic carbocycles. The fraction of sp³-hybridized carbons (Fsp3) is 0.467. The van der Waals surface area contributed by atoms with Gasteiger partial charge in [-0.1, -0.05) is 30.3 Å². The molecule has 1 aliphatic rings. The van der Waals surface area contributed by atoms with Crippen molar-refractivity contribution in [3.05, 3.63) is 35.9 Å². The van der Waals surface area contributed by atoms with Crippen LogP contribution in [0, 0.1) is 0 Å². The summed E-state index contributed by atoms with van der Waals surface area (Å²) in [6.45, 7) is 3.96. The quantitative estimate of drug-likeness (QED) is 0.823. The highest BCUT2D eigenvalue weighted by molar-refractivity contribution is 5.87. The van der Waals surface area contributed by atoms with Gasteiger partial charge in [0.05, 0.1) is 0 Å². The molecule has 5 nitrogen and oxygen atoms in total. The number of nitrogens with zero attached hydrogens (tertiary/aromatic N) is 1. The lowest BCUT2D eigenvalue weighted by atomic mass is 10.1. The summed E-state index contributed by atoms with van der Waals surface area (Å²) in [5, 5.41) is 6.07. The smallest absolute Gasteiger partial charge is 0.244 e. The van der Waals surface area contributed by atoms with Crippen LogP contribution in [0.2, 0.25) is 0 Å². The highest BCUT2D eigenvalue weighted by Gasteiger charge is 2.29. The minimum Gasteiger partial charge on any atom is -0.354 e. The molecule has 1 atom stereocenters. The second-order valence-corrected chi connectivity index (χ2v) is 4.96. The van der Waals surface area contributed by atoms with Gasteiger partial charge in [0.25, 0.3) is 0 Å². The third-order valence-corrected chi connectivity index (χ3v) is 3.51. The lowest BCUT2D eigenvalue weighted by Gasteiger charge is -2.34. The summed E-state index contributed by atoms with van der Waals surface area (Å²) >= 11 is 0. The van der Waals surface area contributed by atoms with Gasteiger partial charge in [-0.2, -0.15) is 0 Å². The van der Waals surface area contributed by atoms with Crippen molar-refractivity contribution in [2.45, 2.75) is 19.4 Å². The third-order valence-electron chi connectivity index (χ3n) is 3.51. The molecule has 0 aliphatic carbocycles. The summed E-state index contributed by atoms with van der Waals surface area (Å²) in [5.41, 5.74) is 1.19. The average Bonchev–Trinajstić information content (AvgIpc) is 2.48. The Balaban J connectivity index is 1.83. The minimum absolute atomic E-state index is 0.0466. The largest absolute Gasteiger partial charge is 0.354 e. The van der Waals surface area contributed by atoms with Crippen LogP contribution in [0.4, 0.5) is 0 Å². The zero-order valence-corrected chi connectivity index (χ0v) is 11.8. The molecular formula is C15H21N3O2. The van der Waals surface area contributed by atoms with E-state index in [1.807, 2.05) is 30.3 Å². The molecule has 0 spiro atoms. The summed E-state index contributed by atoms with van der Waals surface area (Å²) in [6.07, 6.45) is 0.798. The zero-order valence-electron chi connectivity index (χ0n) is 11.8. The standard InChI is InChI=1S/C15H21N3O2/c1-12(19)18-10-9-16-11-14(18)15(20)17-8-7-13-5-3-2-4-6-13/h2-6,14,16H,7-11H2,1H3,(H,17,20)/t14-/m1/s1. The van der Waals surface area contributed by atoms with Gasteiger partial charge in [-0.25, -0.2) is 0 Å². The number of hydrogen-bond acceptors (Lipinski definition) is 3. The molecule has 0 bridgehead atoms. The van der Waals surface area contributed by atoms with Gasteiger partial charge in [-0.15, -0.1) is 0 Å². The summed E-state index contributed by atoms with van der Waals surface area (Å²) in [4.78, 5) is 25.3. The highest BCUT2D eigenvalue weighted by atomic mass is 16.2. The Labute approximate surface area is 119 Å². The summed E-state index contributed by atoms with van der Waals surface area (Å²) in [7, 11) is 0. The highest BCUT2D eigenvalue weighted by Crippen LogP contribution is 2.04. The summed E-state index contributed by atoms with van der Waals surface area (Å²) in [6, 6.07) is 9.63. The predicted octanol–water partition coefficient (Wildman–Crippen LogP) is 0.166. The van der Waals surface area contributed by atoms with Gasteiger partial charge in [-0.05, 0) is 12.0 Å². The van der Waals surface area contributed by atoms with E-state index in [0.717, 1.165) is 13.0 Å². The Kier molecular flexibility index (Phi) is 5.12. The third kappa shape index (κ3) is 3.81.